The number of hydrogen-bond donors (Lipinski definition) is 13. The minimum Gasteiger partial charge on any atom is -0.481 e. The first-order valence-electron chi connectivity index (χ1n) is 27.0. The van der Waals surface area contributed by atoms with E-state index in [-0.39, 0.29) is 69.8 Å². The molecule has 1 aromatic carbocycles. The zero-order valence-corrected chi connectivity index (χ0v) is 47.2. The van der Waals surface area contributed by atoms with E-state index in [1.165, 1.54) is 28.5 Å². The number of benzene rings is 1. The van der Waals surface area contributed by atoms with Crippen molar-refractivity contribution in [1.82, 2.24) is 51.6 Å². The van der Waals surface area contributed by atoms with Crippen molar-refractivity contribution in [2.45, 2.75) is 158 Å². The Labute approximate surface area is 473 Å². The second-order valence-electron chi connectivity index (χ2n) is 20.9. The fourth-order valence-electron chi connectivity index (χ4n) is 10.2. The lowest BCUT2D eigenvalue weighted by atomic mass is 10.0. The van der Waals surface area contributed by atoms with Crippen molar-refractivity contribution in [2.75, 3.05) is 44.0 Å². The summed E-state index contributed by atoms with van der Waals surface area (Å²) < 4.78 is 0. The van der Waals surface area contributed by atoms with Crippen molar-refractivity contribution in [1.29, 1.82) is 0 Å². The molecule has 80 heavy (non-hydrogen) atoms. The number of rotatable bonds is 29. The van der Waals surface area contributed by atoms with Crippen LogP contribution >= 0.6 is 24.4 Å². The number of nitrogens with one attached hydrogen (secondary N) is 7. The van der Waals surface area contributed by atoms with E-state index in [9.17, 15) is 68.1 Å². The molecular formula is C52H78N12O14S2. The van der Waals surface area contributed by atoms with Crippen LogP contribution in [0.25, 0.3) is 10.9 Å². The number of thiol groups is 1. The van der Waals surface area contributed by atoms with Gasteiger partial charge in [-0.15, -0.1) is 0 Å². The molecule has 3 saturated heterocycles. The lowest BCUT2D eigenvalue weighted by Gasteiger charge is -2.33. The molecular weight excluding hydrogens is 1080 g/mol. The standard InChI is InChI=1S/C52H78N12O14S2/c1-27(2)22-35(58-44(70)31(53)23-29-24-55-32-11-6-5-10-30(29)32)45(71)59-36(25-65)46(72)61-42(28(3)66)52(78)64-20-9-14-40(64)48(74)56-33(15-16-41(67)68)50(76)62-18-7-12-38(62)47(73)57-34(17-21-80-4)51(77)63-19-8-13-39(63)49(75)60-37(26-79)43(54)69/h5-6,10-11,24,27-28,31,33-40,42,55,65-66,79H,7-9,12-23,25-26,53H2,1-4H3,(H2,54,69)(H,56,74)(H,57,73)(H,58,70)(H,59,71)(H,60,75)(H,61,72)(H,67,68)/t28-,31+,33+,34+,35+,36+,37+,38+,39+,40+,42+/m1/s1. The summed E-state index contributed by atoms with van der Waals surface area (Å²) in [6.45, 7) is 4.04. The number of carbonyl (C=O) groups excluding carboxylic acids is 10. The Bertz CT molecular complexity index is 2570. The average Bonchev–Trinajstić information content (AvgIpc) is 4.30. The molecule has 0 unspecified atom stereocenters. The number of likely N-dealkylation sites (tertiary alicyclic amines) is 3. The number of primary amides is 1. The summed E-state index contributed by atoms with van der Waals surface area (Å²) in [5, 5.41) is 47.1. The number of thioether (sulfide) groups is 1. The van der Waals surface area contributed by atoms with E-state index in [1.807, 2.05) is 44.4 Å². The molecule has 0 radical (unpaired) electrons. The van der Waals surface area contributed by atoms with Crippen LogP contribution in [0.1, 0.15) is 90.5 Å². The van der Waals surface area contributed by atoms with Crippen LogP contribution < -0.4 is 43.4 Å². The highest BCUT2D eigenvalue weighted by atomic mass is 32.2. The maximum atomic E-state index is 14.4. The molecule has 28 heteroatoms. The van der Waals surface area contributed by atoms with Crippen molar-refractivity contribution in [2.24, 2.45) is 17.4 Å². The van der Waals surface area contributed by atoms with Crippen molar-refractivity contribution >= 4 is 100 Å². The quantitative estimate of drug-likeness (QED) is 0.0371. The number of aromatic nitrogens is 1. The van der Waals surface area contributed by atoms with E-state index in [1.54, 1.807) is 6.20 Å². The first-order chi connectivity index (χ1) is 38.0. The predicted molar refractivity (Wildman–Crippen MR) is 297 cm³/mol. The molecule has 26 nitrogen and oxygen atoms in total. The molecule has 10 amide bonds. The molecule has 0 spiro atoms. The normalized spacial score (nSPS) is 20.2. The minimum atomic E-state index is -1.73. The fourth-order valence-corrected chi connectivity index (χ4v) is 11.0. The van der Waals surface area contributed by atoms with Crippen LogP contribution in [0.4, 0.5) is 0 Å². The Kier molecular flexibility index (Phi) is 24.4. The van der Waals surface area contributed by atoms with Crippen LogP contribution in [0.5, 0.6) is 0 Å². The number of hydrogen-bond acceptors (Lipinski definition) is 16. The lowest BCUT2D eigenvalue weighted by molar-refractivity contribution is -0.146. The van der Waals surface area contributed by atoms with Crippen LogP contribution in [0.2, 0.25) is 0 Å². The zero-order chi connectivity index (χ0) is 59.0. The molecule has 3 fully saturated rings. The van der Waals surface area contributed by atoms with Crippen LogP contribution in [-0.4, -0.2) is 211 Å². The largest absolute Gasteiger partial charge is 0.481 e. The van der Waals surface area contributed by atoms with Crippen LogP contribution in [0.15, 0.2) is 30.5 Å². The smallest absolute Gasteiger partial charge is 0.303 e. The first-order valence-corrected chi connectivity index (χ1v) is 29.0. The van der Waals surface area contributed by atoms with Gasteiger partial charge in [0.05, 0.1) is 18.8 Å². The number of aliphatic hydroxyl groups excluding tert-OH is 2. The predicted octanol–water partition coefficient (Wildman–Crippen LogP) is -2.63. The number of carboxylic acids is 1. The second kappa shape index (κ2) is 30.4. The van der Waals surface area contributed by atoms with E-state index in [4.69, 9.17) is 11.5 Å². The molecule has 2 aromatic rings. The highest BCUT2D eigenvalue weighted by molar-refractivity contribution is 7.98. The summed E-state index contributed by atoms with van der Waals surface area (Å²) in [6.07, 6.45) is 2.96. The van der Waals surface area contributed by atoms with Crippen molar-refractivity contribution in [3.05, 3.63) is 36.0 Å². The van der Waals surface area contributed by atoms with Gasteiger partial charge in [-0.05, 0) is 101 Å². The van der Waals surface area contributed by atoms with Gasteiger partial charge in [0.15, 0.2) is 0 Å². The number of para-hydroxylation sites is 1. The lowest BCUT2D eigenvalue weighted by Crippen LogP contribution is -2.62. The van der Waals surface area contributed by atoms with Crippen LogP contribution in [0.3, 0.4) is 0 Å². The van der Waals surface area contributed by atoms with Gasteiger partial charge in [0.2, 0.25) is 59.1 Å². The molecule has 14 N–H and O–H groups in total. The summed E-state index contributed by atoms with van der Waals surface area (Å²) in [7, 11) is 0. The van der Waals surface area contributed by atoms with E-state index < -0.39 is 151 Å². The first kappa shape index (κ1) is 64.3. The van der Waals surface area contributed by atoms with Crippen molar-refractivity contribution in [3.63, 3.8) is 0 Å². The van der Waals surface area contributed by atoms with Crippen molar-refractivity contribution in [3.8, 4) is 0 Å². The maximum Gasteiger partial charge on any atom is 0.303 e. The Hall–Kier alpha value is -6.49. The molecule has 1 aromatic heterocycles. The Morgan fingerprint density at radius 3 is 1.69 bits per heavy atom. The van der Waals surface area contributed by atoms with Gasteiger partial charge in [0, 0.05) is 48.9 Å². The molecule has 4 heterocycles. The van der Waals surface area contributed by atoms with E-state index in [0.717, 1.165) is 21.4 Å². The molecule has 0 saturated carbocycles. The summed E-state index contributed by atoms with van der Waals surface area (Å²) in [5.74, 6) is -8.84. The average molecular weight is 1160 g/mol. The van der Waals surface area contributed by atoms with Gasteiger partial charge in [-0.3, -0.25) is 52.7 Å². The van der Waals surface area contributed by atoms with Crippen LogP contribution in [-0.2, 0) is 59.2 Å². The molecule has 0 bridgehead atoms. The van der Waals surface area contributed by atoms with Gasteiger partial charge in [-0.25, -0.2) is 0 Å². The number of aliphatic hydroxyl groups is 2. The molecule has 0 aliphatic carbocycles. The molecule has 3 aliphatic rings. The topological polar surface area (TPSA) is 398 Å². The van der Waals surface area contributed by atoms with Gasteiger partial charge in [0.25, 0.3) is 0 Å². The van der Waals surface area contributed by atoms with Crippen molar-refractivity contribution < 1.29 is 68.1 Å². The number of fused-ring (bicyclic) bond motifs is 1. The fraction of sp³-hybridized carbons (Fsp3) is 0.635. The summed E-state index contributed by atoms with van der Waals surface area (Å²) >= 11 is 5.49. The monoisotopic (exact) mass is 1160 g/mol. The number of amides is 10. The summed E-state index contributed by atoms with van der Waals surface area (Å²) in [6, 6.07) is -5.29. The number of carboxylic acid groups (broad SMARTS) is 1. The Morgan fingerprint density at radius 2 is 1.20 bits per heavy atom. The zero-order valence-electron chi connectivity index (χ0n) is 45.5. The molecule has 442 valence electrons. The van der Waals surface area contributed by atoms with E-state index in [0.29, 0.717) is 25.0 Å². The second-order valence-corrected chi connectivity index (χ2v) is 22.2. The Balaban J connectivity index is 1.24. The molecule has 5 rings (SSSR count). The van der Waals surface area contributed by atoms with Gasteiger partial charge in [0.1, 0.15) is 54.4 Å². The van der Waals surface area contributed by atoms with Gasteiger partial charge in [-0.2, -0.15) is 24.4 Å². The highest BCUT2D eigenvalue weighted by Gasteiger charge is 2.45. The summed E-state index contributed by atoms with van der Waals surface area (Å²) in [4.78, 5) is 156. The van der Waals surface area contributed by atoms with Gasteiger partial charge >= 0.3 is 5.97 Å². The van der Waals surface area contributed by atoms with Gasteiger partial charge in [-0.1, -0.05) is 32.0 Å². The number of aliphatic carboxylic acids is 1. The summed E-state index contributed by atoms with van der Waals surface area (Å²) in [5.41, 5.74) is 13.3. The maximum absolute atomic E-state index is 14.4. The van der Waals surface area contributed by atoms with E-state index in [2.05, 4.69) is 49.5 Å². The van der Waals surface area contributed by atoms with Gasteiger partial charge < -0.3 is 78.4 Å². The third kappa shape index (κ3) is 17.0. The van der Waals surface area contributed by atoms with E-state index >= 15 is 0 Å². The number of aromatic amines is 1. The Morgan fingerprint density at radius 1 is 0.700 bits per heavy atom. The number of nitrogens with two attached hydrogens (primary N) is 2. The molecule has 3 aliphatic heterocycles. The van der Waals surface area contributed by atoms with Crippen LogP contribution in [0, 0.1) is 5.92 Å². The molecule has 11 atom stereocenters. The third-order valence-corrected chi connectivity index (χ3v) is 15.5. The SMILES string of the molecule is CSCC[C@H](NC(=O)[C@@H]1CCCN1C(=O)[C@H](CCC(=O)O)NC(=O)[C@@H]1CCCN1C(=O)[C@@H](NC(=O)[C@H](CO)NC(=O)[C@H](CC(C)C)NC(=O)[C@@H](N)Cc1c[nH]c2ccccc12)[C@@H](C)O)C(=O)N1CCC[C@H]1C(=O)N[C@@H](CS)C(N)=O. The number of carbonyl (C=O) groups is 11. The number of H-pyrrole nitrogens is 1. The third-order valence-electron chi connectivity index (χ3n) is 14.5. The minimum absolute atomic E-state index is 0.0348. The highest BCUT2D eigenvalue weighted by Crippen LogP contribution is 2.25. The number of nitrogens with zero attached hydrogens (tertiary/aromatic N) is 3.